The maximum Gasteiger partial charge on any atom is 0.265 e. The van der Waals surface area contributed by atoms with E-state index in [-0.39, 0.29) is 10.5 Å². The standard InChI is InChI=1S/C23H24N2O5S/c1-16-7-10-19(11-8-16)31(27,28)25-23(26)20-6-4-5-18(20)15-24-14-17-9-12-21(29-2)22(13-17)30-3/h4-13,15,24H,14H2,1-3H3,(H,25,26)/b18-15+. The molecule has 0 fully saturated rings. The third-order valence-corrected chi connectivity index (χ3v) is 6.01. The van der Waals surface area contributed by atoms with E-state index in [1.54, 1.807) is 50.8 Å². The van der Waals surface area contributed by atoms with Gasteiger partial charge in [-0.05, 0) is 42.8 Å². The first-order valence-corrected chi connectivity index (χ1v) is 11.0. The smallest absolute Gasteiger partial charge is 0.265 e. The number of hydrogen-bond acceptors (Lipinski definition) is 6. The maximum absolute atomic E-state index is 12.6. The van der Waals surface area contributed by atoms with Crippen LogP contribution >= 0.6 is 0 Å². The summed E-state index contributed by atoms with van der Waals surface area (Å²) in [5.41, 5.74) is 2.72. The lowest BCUT2D eigenvalue weighted by Crippen LogP contribution is -2.32. The molecule has 0 heterocycles. The second-order valence-corrected chi connectivity index (χ2v) is 8.54. The highest BCUT2D eigenvalue weighted by atomic mass is 32.2. The molecule has 2 N–H and O–H groups in total. The van der Waals surface area contributed by atoms with Gasteiger partial charge in [-0.3, -0.25) is 4.79 Å². The van der Waals surface area contributed by atoms with E-state index in [1.807, 2.05) is 25.1 Å². The van der Waals surface area contributed by atoms with Crippen molar-refractivity contribution in [3.63, 3.8) is 0 Å². The number of nitrogens with one attached hydrogen (secondary N) is 2. The van der Waals surface area contributed by atoms with Crippen LogP contribution in [-0.4, -0.2) is 28.5 Å². The lowest BCUT2D eigenvalue weighted by molar-refractivity contribution is -0.115. The van der Waals surface area contributed by atoms with Crippen molar-refractivity contribution in [2.45, 2.75) is 18.4 Å². The molecule has 0 atom stereocenters. The molecule has 0 aromatic heterocycles. The Balaban J connectivity index is 1.66. The Morgan fingerprint density at radius 1 is 1.03 bits per heavy atom. The van der Waals surface area contributed by atoms with Crippen molar-refractivity contribution in [3.8, 4) is 11.5 Å². The Morgan fingerprint density at radius 2 is 1.74 bits per heavy atom. The normalized spacial score (nSPS) is 14.3. The number of methoxy groups -OCH3 is 2. The van der Waals surface area contributed by atoms with E-state index in [2.05, 4.69) is 10.0 Å². The fourth-order valence-electron chi connectivity index (χ4n) is 2.99. The number of carbonyl (C=O) groups is 1. The van der Waals surface area contributed by atoms with Gasteiger partial charge in [0.1, 0.15) is 0 Å². The van der Waals surface area contributed by atoms with Gasteiger partial charge in [0.2, 0.25) is 0 Å². The second-order valence-electron chi connectivity index (χ2n) is 6.86. The van der Waals surface area contributed by atoms with Crippen molar-refractivity contribution in [2.75, 3.05) is 14.2 Å². The van der Waals surface area contributed by atoms with E-state index in [0.717, 1.165) is 11.1 Å². The van der Waals surface area contributed by atoms with Crippen LogP contribution in [0, 0.1) is 6.92 Å². The van der Waals surface area contributed by atoms with Crippen LogP contribution < -0.4 is 19.5 Å². The van der Waals surface area contributed by atoms with E-state index in [1.165, 1.54) is 12.1 Å². The predicted octanol–water partition coefficient (Wildman–Crippen LogP) is 2.99. The summed E-state index contributed by atoms with van der Waals surface area (Å²) in [6.07, 6.45) is 6.67. The van der Waals surface area contributed by atoms with Gasteiger partial charge >= 0.3 is 0 Å². The summed E-state index contributed by atoms with van der Waals surface area (Å²) in [6.45, 7) is 2.34. The van der Waals surface area contributed by atoms with E-state index >= 15 is 0 Å². The number of hydrogen-bond donors (Lipinski definition) is 2. The predicted molar refractivity (Wildman–Crippen MR) is 118 cm³/mol. The van der Waals surface area contributed by atoms with Gasteiger partial charge in [0, 0.05) is 23.9 Å². The minimum atomic E-state index is -3.96. The number of amides is 1. The van der Waals surface area contributed by atoms with Gasteiger partial charge in [-0.15, -0.1) is 0 Å². The quantitative estimate of drug-likeness (QED) is 0.656. The van der Waals surface area contributed by atoms with Crippen LogP contribution in [0.4, 0.5) is 0 Å². The molecule has 1 aliphatic rings. The summed E-state index contributed by atoms with van der Waals surface area (Å²) in [5, 5.41) is 3.14. The Kier molecular flexibility index (Phi) is 6.81. The van der Waals surface area contributed by atoms with E-state index in [0.29, 0.717) is 23.6 Å². The summed E-state index contributed by atoms with van der Waals surface area (Å²) in [7, 11) is -0.812. The van der Waals surface area contributed by atoms with Gasteiger partial charge in [0.05, 0.1) is 19.1 Å². The number of carbonyl (C=O) groups excluding carboxylic acids is 1. The average molecular weight is 441 g/mol. The molecule has 8 heteroatoms. The molecule has 31 heavy (non-hydrogen) atoms. The Bertz CT molecular complexity index is 1160. The molecule has 1 amide bonds. The molecule has 3 rings (SSSR count). The van der Waals surface area contributed by atoms with Crippen molar-refractivity contribution < 1.29 is 22.7 Å². The number of ether oxygens (including phenoxy) is 2. The molecule has 2 aromatic rings. The first kappa shape index (κ1) is 22.2. The molecular weight excluding hydrogens is 416 g/mol. The second kappa shape index (κ2) is 9.53. The number of rotatable bonds is 8. The molecule has 7 nitrogen and oxygen atoms in total. The lowest BCUT2D eigenvalue weighted by atomic mass is 10.1. The monoisotopic (exact) mass is 440 g/mol. The van der Waals surface area contributed by atoms with Crippen molar-refractivity contribution >= 4 is 15.9 Å². The Labute approximate surface area is 182 Å². The van der Waals surface area contributed by atoms with Crippen LogP contribution in [0.5, 0.6) is 11.5 Å². The molecule has 0 saturated carbocycles. The van der Waals surface area contributed by atoms with Gasteiger partial charge in [-0.1, -0.05) is 35.9 Å². The maximum atomic E-state index is 12.6. The fraction of sp³-hybridized carbons (Fsp3) is 0.174. The van der Waals surface area contributed by atoms with Crippen LogP contribution in [-0.2, 0) is 21.4 Å². The number of benzene rings is 2. The minimum absolute atomic E-state index is 0.0371. The van der Waals surface area contributed by atoms with Gasteiger partial charge in [0.25, 0.3) is 15.9 Å². The number of sulfonamides is 1. The first-order chi connectivity index (χ1) is 14.8. The third kappa shape index (κ3) is 5.35. The van der Waals surface area contributed by atoms with Gasteiger partial charge in [-0.2, -0.15) is 0 Å². The Morgan fingerprint density at radius 3 is 2.42 bits per heavy atom. The van der Waals surface area contributed by atoms with E-state index < -0.39 is 15.9 Å². The molecular formula is C23H24N2O5S. The van der Waals surface area contributed by atoms with Crippen molar-refractivity contribution in [1.29, 1.82) is 0 Å². The van der Waals surface area contributed by atoms with Crippen LogP contribution in [0.25, 0.3) is 0 Å². The minimum Gasteiger partial charge on any atom is -0.493 e. The average Bonchev–Trinajstić information content (AvgIpc) is 3.22. The topological polar surface area (TPSA) is 93.7 Å². The summed E-state index contributed by atoms with van der Waals surface area (Å²) in [5.74, 6) is 0.571. The molecule has 0 spiro atoms. The summed E-state index contributed by atoms with van der Waals surface area (Å²) in [6, 6.07) is 11.9. The van der Waals surface area contributed by atoms with Crippen molar-refractivity contribution in [1.82, 2.24) is 10.0 Å². The first-order valence-electron chi connectivity index (χ1n) is 9.51. The lowest BCUT2D eigenvalue weighted by Gasteiger charge is -2.11. The van der Waals surface area contributed by atoms with E-state index in [9.17, 15) is 13.2 Å². The van der Waals surface area contributed by atoms with Crippen molar-refractivity contribution in [2.24, 2.45) is 0 Å². The number of aryl methyl sites for hydroxylation is 1. The largest absolute Gasteiger partial charge is 0.493 e. The molecule has 0 radical (unpaired) electrons. The molecule has 1 aliphatic carbocycles. The molecule has 2 aromatic carbocycles. The molecule has 162 valence electrons. The van der Waals surface area contributed by atoms with E-state index in [4.69, 9.17) is 9.47 Å². The zero-order valence-corrected chi connectivity index (χ0v) is 18.3. The van der Waals surface area contributed by atoms with Crippen LogP contribution in [0.2, 0.25) is 0 Å². The van der Waals surface area contributed by atoms with Crippen molar-refractivity contribution in [3.05, 3.63) is 89.2 Å². The highest BCUT2D eigenvalue weighted by molar-refractivity contribution is 7.90. The molecule has 0 saturated heterocycles. The fourth-order valence-corrected chi connectivity index (χ4v) is 3.96. The van der Waals surface area contributed by atoms with Crippen LogP contribution in [0.15, 0.2) is 82.9 Å². The SMILES string of the molecule is COc1ccc(CN/C=C2\C=CC=C2C(=O)NS(=O)(=O)c2ccc(C)cc2)cc1OC. The highest BCUT2D eigenvalue weighted by Gasteiger charge is 2.22. The number of allylic oxidation sites excluding steroid dienone is 3. The summed E-state index contributed by atoms with van der Waals surface area (Å²) in [4.78, 5) is 12.6. The third-order valence-electron chi connectivity index (χ3n) is 4.66. The molecule has 0 unspecified atom stereocenters. The highest BCUT2D eigenvalue weighted by Crippen LogP contribution is 2.27. The van der Waals surface area contributed by atoms with Crippen LogP contribution in [0.1, 0.15) is 11.1 Å². The summed E-state index contributed by atoms with van der Waals surface area (Å²) >= 11 is 0. The molecule has 0 aliphatic heterocycles. The van der Waals surface area contributed by atoms with Gasteiger partial charge in [0.15, 0.2) is 11.5 Å². The Hall–Kier alpha value is -3.52. The zero-order valence-electron chi connectivity index (χ0n) is 17.5. The summed E-state index contributed by atoms with van der Waals surface area (Å²) < 4.78 is 37.6. The zero-order chi connectivity index (χ0) is 22.4. The molecule has 0 bridgehead atoms. The van der Waals surface area contributed by atoms with Gasteiger partial charge in [-0.25, -0.2) is 13.1 Å². The van der Waals surface area contributed by atoms with Gasteiger partial charge < -0.3 is 14.8 Å². The van der Waals surface area contributed by atoms with Crippen LogP contribution in [0.3, 0.4) is 0 Å².